The number of benzene rings is 3. The molecule has 0 saturated carbocycles. The van der Waals surface area contributed by atoms with Gasteiger partial charge >= 0.3 is 0 Å². The number of carbonyl (C=O) groups excluding carboxylic acids is 1. The van der Waals surface area contributed by atoms with Crippen LogP contribution in [0.25, 0.3) is 0 Å². The summed E-state index contributed by atoms with van der Waals surface area (Å²) >= 11 is 0. The second kappa shape index (κ2) is 11.8. The molecular weight excluding hydrogens is 386 g/mol. The Balaban J connectivity index is 1.30. The summed E-state index contributed by atoms with van der Waals surface area (Å²) < 4.78 is 5.84. The zero-order valence-corrected chi connectivity index (χ0v) is 18.1. The molecule has 0 aliphatic heterocycles. The maximum atomic E-state index is 12.2. The number of ether oxygens (including phenoxy) is 1. The van der Waals surface area contributed by atoms with E-state index in [1.807, 2.05) is 24.3 Å². The largest absolute Gasteiger partial charge is 0.508 e. The molecule has 0 saturated heterocycles. The fourth-order valence-electron chi connectivity index (χ4n) is 3.37. The van der Waals surface area contributed by atoms with Crippen LogP contribution in [-0.2, 0) is 12.8 Å². The van der Waals surface area contributed by atoms with E-state index in [0.717, 1.165) is 49.2 Å². The molecule has 4 heteroatoms. The van der Waals surface area contributed by atoms with Gasteiger partial charge in [0.2, 0.25) is 0 Å². The van der Waals surface area contributed by atoms with E-state index in [1.54, 1.807) is 19.1 Å². The van der Waals surface area contributed by atoms with Crippen molar-refractivity contribution in [2.24, 2.45) is 0 Å². The lowest BCUT2D eigenvalue weighted by atomic mass is 10.1. The van der Waals surface area contributed by atoms with Crippen LogP contribution in [0.1, 0.15) is 46.3 Å². The van der Waals surface area contributed by atoms with Gasteiger partial charge < -0.3 is 15.2 Å². The molecule has 3 aromatic rings. The number of aromatic hydroxyl groups is 1. The molecule has 0 heterocycles. The number of rotatable bonds is 11. The third-order valence-corrected chi connectivity index (χ3v) is 5.32. The highest BCUT2D eigenvalue weighted by atomic mass is 16.5. The lowest BCUT2D eigenvalue weighted by molar-refractivity contribution is 0.0953. The monoisotopic (exact) mass is 417 g/mol. The normalized spacial score (nSPS) is 10.6. The molecule has 1 amide bonds. The quantitative estimate of drug-likeness (QED) is 0.407. The van der Waals surface area contributed by atoms with Crippen LogP contribution >= 0.6 is 0 Å². The number of hydrogen-bond acceptors (Lipinski definition) is 3. The van der Waals surface area contributed by atoms with Crippen LogP contribution in [0.4, 0.5) is 0 Å². The van der Waals surface area contributed by atoms with Crippen LogP contribution in [0.5, 0.6) is 11.5 Å². The number of phenolic OH excluding ortho intramolecular Hbond substituents is 1. The standard InChI is InChI=1S/C27H31NO3/c1-21-11-14-24(20-26(21)29)27(30)28-18-17-23-12-15-25(16-13-23)31-19-7-3-6-10-22-8-4-2-5-9-22/h2,4-5,8-9,11-16,20,29H,3,6-7,10,17-19H2,1H3,(H,28,30). The Morgan fingerprint density at radius 2 is 1.61 bits per heavy atom. The van der Waals surface area contributed by atoms with Crippen LogP contribution in [0, 0.1) is 6.92 Å². The van der Waals surface area contributed by atoms with Crippen molar-refractivity contribution in [2.45, 2.75) is 39.0 Å². The molecule has 3 rings (SSSR count). The van der Waals surface area contributed by atoms with Gasteiger partial charge in [0, 0.05) is 12.1 Å². The van der Waals surface area contributed by atoms with E-state index in [-0.39, 0.29) is 11.7 Å². The molecule has 0 spiro atoms. The number of phenols is 1. The summed E-state index contributed by atoms with van der Waals surface area (Å²) in [6, 6.07) is 23.6. The maximum Gasteiger partial charge on any atom is 0.251 e. The minimum absolute atomic E-state index is 0.138. The average molecular weight is 418 g/mol. The second-order valence-electron chi connectivity index (χ2n) is 7.80. The zero-order valence-electron chi connectivity index (χ0n) is 18.1. The van der Waals surface area contributed by atoms with Gasteiger partial charge in [0.1, 0.15) is 11.5 Å². The molecular formula is C27H31NO3. The van der Waals surface area contributed by atoms with Gasteiger partial charge in [-0.05, 0) is 80.0 Å². The van der Waals surface area contributed by atoms with Gasteiger partial charge in [0.05, 0.1) is 6.61 Å². The molecule has 31 heavy (non-hydrogen) atoms. The Labute approximate surface area is 184 Å². The minimum Gasteiger partial charge on any atom is -0.508 e. The summed E-state index contributed by atoms with van der Waals surface area (Å²) in [4.78, 5) is 12.2. The van der Waals surface area contributed by atoms with Crippen molar-refractivity contribution in [1.82, 2.24) is 5.32 Å². The van der Waals surface area contributed by atoms with Crippen molar-refractivity contribution in [3.05, 3.63) is 95.1 Å². The van der Waals surface area contributed by atoms with E-state index >= 15 is 0 Å². The van der Waals surface area contributed by atoms with Crippen LogP contribution in [0.2, 0.25) is 0 Å². The molecule has 162 valence electrons. The molecule has 2 N–H and O–H groups in total. The Bertz CT molecular complexity index is 952. The summed E-state index contributed by atoms with van der Waals surface area (Å²) in [6.07, 6.45) is 5.25. The number of aryl methyl sites for hydroxylation is 2. The van der Waals surface area contributed by atoms with Gasteiger partial charge in [-0.2, -0.15) is 0 Å². The van der Waals surface area contributed by atoms with Crippen molar-refractivity contribution >= 4 is 5.91 Å². The Kier molecular flexibility index (Phi) is 8.53. The third-order valence-electron chi connectivity index (χ3n) is 5.32. The van der Waals surface area contributed by atoms with Crippen LogP contribution in [0.15, 0.2) is 72.8 Å². The summed E-state index contributed by atoms with van der Waals surface area (Å²) in [7, 11) is 0. The first-order valence-electron chi connectivity index (χ1n) is 11.0. The molecule has 0 aliphatic carbocycles. The first kappa shape index (κ1) is 22.4. The average Bonchev–Trinajstić information content (AvgIpc) is 2.79. The van der Waals surface area contributed by atoms with Crippen LogP contribution < -0.4 is 10.1 Å². The second-order valence-corrected chi connectivity index (χ2v) is 7.80. The van der Waals surface area contributed by atoms with Gasteiger partial charge in [-0.3, -0.25) is 4.79 Å². The van der Waals surface area contributed by atoms with E-state index in [1.165, 1.54) is 18.1 Å². The molecule has 0 bridgehead atoms. The Morgan fingerprint density at radius 1 is 0.871 bits per heavy atom. The van der Waals surface area contributed by atoms with Gasteiger partial charge in [0.15, 0.2) is 0 Å². The highest BCUT2D eigenvalue weighted by Crippen LogP contribution is 2.17. The SMILES string of the molecule is Cc1ccc(C(=O)NCCc2ccc(OCCCCCc3ccccc3)cc2)cc1O. The lowest BCUT2D eigenvalue weighted by Gasteiger charge is -2.09. The lowest BCUT2D eigenvalue weighted by Crippen LogP contribution is -2.25. The van der Waals surface area contributed by atoms with E-state index in [2.05, 4.69) is 35.6 Å². The minimum atomic E-state index is -0.178. The topological polar surface area (TPSA) is 58.6 Å². The molecule has 0 radical (unpaired) electrons. The maximum absolute atomic E-state index is 12.2. The summed E-state index contributed by atoms with van der Waals surface area (Å²) in [5.41, 5.74) is 3.76. The molecule has 0 unspecified atom stereocenters. The molecule has 0 atom stereocenters. The highest BCUT2D eigenvalue weighted by molar-refractivity contribution is 5.94. The number of nitrogens with one attached hydrogen (secondary N) is 1. The molecule has 0 aromatic heterocycles. The van der Waals surface area contributed by atoms with Crippen molar-refractivity contribution in [1.29, 1.82) is 0 Å². The van der Waals surface area contributed by atoms with E-state index in [4.69, 9.17) is 4.74 Å². The molecule has 3 aromatic carbocycles. The first-order chi connectivity index (χ1) is 15.1. The number of carbonyl (C=O) groups is 1. The predicted octanol–water partition coefficient (Wildman–Crippen LogP) is 5.46. The summed E-state index contributed by atoms with van der Waals surface area (Å²) in [6.45, 7) is 3.07. The smallest absolute Gasteiger partial charge is 0.251 e. The number of unbranched alkanes of at least 4 members (excludes halogenated alkanes) is 2. The summed E-state index contributed by atoms with van der Waals surface area (Å²) in [5, 5.41) is 12.6. The van der Waals surface area contributed by atoms with E-state index < -0.39 is 0 Å². The Morgan fingerprint density at radius 3 is 2.35 bits per heavy atom. The first-order valence-corrected chi connectivity index (χ1v) is 11.0. The van der Waals surface area contributed by atoms with Gasteiger partial charge in [-0.1, -0.05) is 48.5 Å². The predicted molar refractivity (Wildman–Crippen MR) is 125 cm³/mol. The Hall–Kier alpha value is -3.27. The number of amides is 1. The third kappa shape index (κ3) is 7.49. The van der Waals surface area contributed by atoms with Gasteiger partial charge in [0.25, 0.3) is 5.91 Å². The van der Waals surface area contributed by atoms with Gasteiger partial charge in [-0.15, -0.1) is 0 Å². The van der Waals surface area contributed by atoms with Crippen LogP contribution in [0.3, 0.4) is 0 Å². The summed E-state index contributed by atoms with van der Waals surface area (Å²) in [5.74, 6) is 0.841. The molecule has 0 aliphatic rings. The molecule has 4 nitrogen and oxygen atoms in total. The van der Waals surface area contributed by atoms with Gasteiger partial charge in [-0.25, -0.2) is 0 Å². The number of hydrogen-bond donors (Lipinski definition) is 2. The van der Waals surface area contributed by atoms with E-state index in [0.29, 0.717) is 12.1 Å². The van der Waals surface area contributed by atoms with Crippen molar-refractivity contribution in [2.75, 3.05) is 13.2 Å². The van der Waals surface area contributed by atoms with Crippen LogP contribution in [-0.4, -0.2) is 24.2 Å². The van der Waals surface area contributed by atoms with Crippen molar-refractivity contribution in [3.63, 3.8) is 0 Å². The fourth-order valence-corrected chi connectivity index (χ4v) is 3.37. The molecule has 0 fully saturated rings. The van der Waals surface area contributed by atoms with E-state index in [9.17, 15) is 9.90 Å². The van der Waals surface area contributed by atoms with Crippen molar-refractivity contribution < 1.29 is 14.6 Å². The van der Waals surface area contributed by atoms with Crippen molar-refractivity contribution in [3.8, 4) is 11.5 Å². The highest BCUT2D eigenvalue weighted by Gasteiger charge is 2.07. The zero-order chi connectivity index (χ0) is 21.9. The fraction of sp³-hybridized carbons (Fsp3) is 0.296.